The Balaban J connectivity index is 2.01. The Kier molecular flexibility index (Phi) is 7.98. The Hall–Kier alpha value is -2.51. The summed E-state index contributed by atoms with van der Waals surface area (Å²) in [6.45, 7) is 17.5. The molecule has 0 saturated heterocycles. The van der Waals surface area contributed by atoms with Crippen LogP contribution in [0.3, 0.4) is 0 Å². The SMILES string of the molecule is CCN(CC)CCCN1C(=O)C(O)=C(C(=O)c2sc(C)nc2C)[C@@H]1c1ccc(C(C)(C)C)cc1. The van der Waals surface area contributed by atoms with Gasteiger partial charge in [0.2, 0.25) is 5.78 Å². The molecule has 1 atom stereocenters. The molecular formula is C27H37N3O3S. The lowest BCUT2D eigenvalue weighted by molar-refractivity contribution is -0.129. The van der Waals surface area contributed by atoms with Gasteiger partial charge in [0.25, 0.3) is 5.91 Å². The summed E-state index contributed by atoms with van der Waals surface area (Å²) in [5.41, 5.74) is 2.77. The zero-order valence-corrected chi connectivity index (χ0v) is 22.3. The smallest absolute Gasteiger partial charge is 0.290 e. The predicted octanol–water partition coefficient (Wildman–Crippen LogP) is 5.37. The van der Waals surface area contributed by atoms with Gasteiger partial charge in [-0.2, -0.15) is 0 Å². The summed E-state index contributed by atoms with van der Waals surface area (Å²) in [6, 6.07) is 7.44. The molecule has 0 aliphatic carbocycles. The van der Waals surface area contributed by atoms with Crippen molar-refractivity contribution >= 4 is 23.0 Å². The van der Waals surface area contributed by atoms with Crippen LogP contribution < -0.4 is 0 Å². The molecule has 1 aliphatic rings. The molecule has 34 heavy (non-hydrogen) atoms. The lowest BCUT2D eigenvalue weighted by Gasteiger charge is -2.28. The first-order valence-electron chi connectivity index (χ1n) is 12.0. The van der Waals surface area contributed by atoms with Crippen LogP contribution in [0.4, 0.5) is 0 Å². The van der Waals surface area contributed by atoms with E-state index in [0.717, 1.165) is 36.6 Å². The average Bonchev–Trinajstić information content (AvgIpc) is 3.26. The van der Waals surface area contributed by atoms with E-state index in [4.69, 9.17) is 0 Å². The highest BCUT2D eigenvalue weighted by Crippen LogP contribution is 2.40. The number of carbonyl (C=O) groups is 2. The number of hydrogen-bond acceptors (Lipinski definition) is 6. The monoisotopic (exact) mass is 483 g/mol. The number of Topliss-reactive ketones (excluding diaryl/α,β-unsaturated/α-hetero) is 1. The van der Waals surface area contributed by atoms with Gasteiger partial charge in [-0.15, -0.1) is 11.3 Å². The topological polar surface area (TPSA) is 73.7 Å². The molecule has 184 valence electrons. The van der Waals surface area contributed by atoms with Crippen LogP contribution >= 0.6 is 11.3 Å². The summed E-state index contributed by atoms with van der Waals surface area (Å²) in [7, 11) is 0. The summed E-state index contributed by atoms with van der Waals surface area (Å²) in [4.78, 5) is 35.7. The minimum absolute atomic E-state index is 0.0125. The van der Waals surface area contributed by atoms with Gasteiger partial charge in [0.15, 0.2) is 5.76 Å². The van der Waals surface area contributed by atoms with Gasteiger partial charge in [-0.05, 0) is 56.4 Å². The number of benzene rings is 1. The summed E-state index contributed by atoms with van der Waals surface area (Å²) in [6.07, 6.45) is 0.761. The van der Waals surface area contributed by atoms with Crippen molar-refractivity contribution in [3.63, 3.8) is 0 Å². The third kappa shape index (κ3) is 5.26. The lowest BCUT2D eigenvalue weighted by Crippen LogP contribution is -2.34. The van der Waals surface area contributed by atoms with Crippen LogP contribution in [0.25, 0.3) is 0 Å². The van der Waals surface area contributed by atoms with E-state index in [1.54, 1.807) is 11.8 Å². The van der Waals surface area contributed by atoms with Crippen molar-refractivity contribution in [1.29, 1.82) is 0 Å². The second kappa shape index (κ2) is 10.4. The van der Waals surface area contributed by atoms with Crippen molar-refractivity contribution in [1.82, 2.24) is 14.8 Å². The van der Waals surface area contributed by atoms with Crippen LogP contribution in [-0.4, -0.2) is 57.8 Å². The fourth-order valence-electron chi connectivity index (χ4n) is 4.50. The summed E-state index contributed by atoms with van der Waals surface area (Å²) in [5, 5.41) is 11.7. The van der Waals surface area contributed by atoms with Gasteiger partial charge < -0.3 is 14.9 Å². The second-order valence-electron chi connectivity index (χ2n) is 9.89. The van der Waals surface area contributed by atoms with E-state index in [9.17, 15) is 14.7 Å². The zero-order valence-electron chi connectivity index (χ0n) is 21.4. The molecule has 0 bridgehead atoms. The Morgan fingerprint density at radius 3 is 2.26 bits per heavy atom. The van der Waals surface area contributed by atoms with Crippen LogP contribution in [-0.2, 0) is 10.2 Å². The van der Waals surface area contributed by atoms with E-state index in [1.807, 2.05) is 31.2 Å². The minimum atomic E-state index is -0.618. The number of aliphatic hydroxyl groups excluding tert-OH is 1. The summed E-state index contributed by atoms with van der Waals surface area (Å²) < 4.78 is 0. The molecule has 2 aromatic rings. The van der Waals surface area contributed by atoms with Gasteiger partial charge in [0.1, 0.15) is 0 Å². The van der Waals surface area contributed by atoms with Gasteiger partial charge in [-0.25, -0.2) is 4.98 Å². The molecule has 1 aromatic heterocycles. The third-order valence-electron chi connectivity index (χ3n) is 6.52. The Morgan fingerprint density at radius 2 is 1.76 bits per heavy atom. The maximum absolute atomic E-state index is 13.6. The molecule has 1 N–H and O–H groups in total. The van der Waals surface area contributed by atoms with Crippen molar-refractivity contribution in [2.45, 2.75) is 66.3 Å². The molecule has 0 unspecified atom stereocenters. The van der Waals surface area contributed by atoms with E-state index in [-0.39, 0.29) is 16.8 Å². The Morgan fingerprint density at radius 1 is 1.15 bits per heavy atom. The van der Waals surface area contributed by atoms with E-state index in [0.29, 0.717) is 17.1 Å². The molecule has 3 rings (SSSR count). The number of thiazole rings is 1. The molecule has 1 amide bonds. The first-order chi connectivity index (χ1) is 16.0. The van der Waals surface area contributed by atoms with E-state index in [1.165, 1.54) is 16.9 Å². The number of nitrogens with zero attached hydrogens (tertiary/aromatic N) is 3. The molecule has 7 heteroatoms. The molecule has 0 radical (unpaired) electrons. The van der Waals surface area contributed by atoms with Crippen LogP contribution in [0.1, 0.15) is 78.6 Å². The largest absolute Gasteiger partial charge is 0.503 e. The number of hydrogen-bond donors (Lipinski definition) is 1. The summed E-state index contributed by atoms with van der Waals surface area (Å²) in [5.74, 6) is -1.24. The van der Waals surface area contributed by atoms with Crippen LogP contribution in [0.5, 0.6) is 0 Å². The number of ketones is 1. The third-order valence-corrected chi connectivity index (χ3v) is 7.59. The highest BCUT2D eigenvalue weighted by molar-refractivity contribution is 7.14. The minimum Gasteiger partial charge on any atom is -0.503 e. The molecule has 0 spiro atoms. The lowest BCUT2D eigenvalue weighted by atomic mass is 9.85. The standard InChI is InChI=1S/C27H37N3O3S/c1-8-29(9-2)15-10-16-30-22(19-11-13-20(14-12-19)27(5,6)7)21(24(32)26(30)33)23(31)25-17(3)28-18(4)34-25/h11-14,22,32H,8-10,15-16H2,1-7H3/t22-/m0/s1. The maximum Gasteiger partial charge on any atom is 0.290 e. The van der Waals surface area contributed by atoms with Gasteiger partial charge in [-0.3, -0.25) is 9.59 Å². The predicted molar refractivity (Wildman–Crippen MR) is 138 cm³/mol. The second-order valence-corrected chi connectivity index (χ2v) is 11.1. The molecular weight excluding hydrogens is 446 g/mol. The van der Waals surface area contributed by atoms with Crippen molar-refractivity contribution in [3.8, 4) is 0 Å². The quantitative estimate of drug-likeness (QED) is 0.486. The fraction of sp³-hybridized carbons (Fsp3) is 0.519. The van der Waals surface area contributed by atoms with E-state index in [2.05, 4.69) is 44.5 Å². The number of aromatic nitrogens is 1. The van der Waals surface area contributed by atoms with Crippen molar-refractivity contribution < 1.29 is 14.7 Å². The highest BCUT2D eigenvalue weighted by atomic mass is 32.1. The number of carbonyl (C=O) groups excluding carboxylic acids is 2. The van der Waals surface area contributed by atoms with Gasteiger partial charge >= 0.3 is 0 Å². The van der Waals surface area contributed by atoms with Gasteiger partial charge in [-0.1, -0.05) is 58.9 Å². The fourth-order valence-corrected chi connectivity index (χ4v) is 5.37. The first-order valence-corrected chi connectivity index (χ1v) is 12.9. The maximum atomic E-state index is 13.6. The highest BCUT2D eigenvalue weighted by Gasteiger charge is 2.44. The zero-order chi connectivity index (χ0) is 25.2. The summed E-state index contributed by atoms with van der Waals surface area (Å²) >= 11 is 1.30. The average molecular weight is 484 g/mol. The molecule has 0 fully saturated rings. The van der Waals surface area contributed by atoms with E-state index < -0.39 is 17.7 Å². The number of aryl methyl sites for hydroxylation is 2. The van der Waals surface area contributed by atoms with Gasteiger partial charge in [0, 0.05) is 6.54 Å². The van der Waals surface area contributed by atoms with Crippen LogP contribution in [0, 0.1) is 13.8 Å². The number of aliphatic hydroxyl groups is 1. The molecule has 0 saturated carbocycles. The normalized spacial score (nSPS) is 16.8. The van der Waals surface area contributed by atoms with Crippen molar-refractivity contribution in [2.24, 2.45) is 0 Å². The van der Waals surface area contributed by atoms with E-state index >= 15 is 0 Å². The van der Waals surface area contributed by atoms with Crippen LogP contribution in [0.15, 0.2) is 35.6 Å². The van der Waals surface area contributed by atoms with Gasteiger partial charge in [0.05, 0.1) is 27.2 Å². The molecule has 1 aliphatic heterocycles. The number of rotatable bonds is 9. The molecule has 1 aromatic carbocycles. The molecule has 2 heterocycles. The Labute approximate surface area is 207 Å². The number of amides is 1. The van der Waals surface area contributed by atoms with Crippen molar-refractivity contribution in [2.75, 3.05) is 26.2 Å². The molecule has 6 nitrogen and oxygen atoms in total. The first kappa shape index (κ1) is 26.1. The van der Waals surface area contributed by atoms with Crippen molar-refractivity contribution in [3.05, 3.63) is 62.3 Å². The van der Waals surface area contributed by atoms with Crippen LogP contribution in [0.2, 0.25) is 0 Å². The Bertz CT molecular complexity index is 1080.